The van der Waals surface area contributed by atoms with Crippen molar-refractivity contribution in [1.29, 1.82) is 0 Å². The van der Waals surface area contributed by atoms with E-state index < -0.39 is 12.2 Å². The van der Waals surface area contributed by atoms with Crippen LogP contribution in [0.4, 0.5) is 0 Å². The van der Waals surface area contributed by atoms with Crippen LogP contribution in [0.5, 0.6) is 0 Å². The lowest BCUT2D eigenvalue weighted by Gasteiger charge is -2.14. The minimum Gasteiger partial charge on any atom is -0.390 e. The molecule has 0 aliphatic rings. The number of aliphatic hydroxyl groups excluding tert-OH is 2. The molecule has 74 valence electrons. The van der Waals surface area contributed by atoms with Gasteiger partial charge in [0.25, 0.3) is 0 Å². The Balaban J connectivity index is 2.49. The topological polar surface area (TPSA) is 53.4 Å². The molecule has 3 nitrogen and oxygen atoms in total. The van der Waals surface area contributed by atoms with Crippen molar-refractivity contribution in [2.24, 2.45) is 0 Å². The molecule has 0 saturated heterocycles. The first-order valence-electron chi connectivity index (χ1n) is 4.40. The van der Waals surface area contributed by atoms with Crippen molar-refractivity contribution in [1.82, 2.24) is 4.98 Å². The Labute approximate surface area is 82.1 Å². The molecule has 0 aliphatic heterocycles. The van der Waals surface area contributed by atoms with Crippen LogP contribution in [-0.4, -0.2) is 27.4 Å². The predicted molar refractivity (Wildman–Crippen MR) is 52.9 cm³/mol. The molecule has 2 unspecified atom stereocenters. The Kier molecular flexibility index (Phi) is 3.84. The molecule has 0 radical (unpaired) electrons. The second kappa shape index (κ2) is 4.69. The van der Waals surface area contributed by atoms with E-state index in [4.69, 9.17) is 0 Å². The van der Waals surface area contributed by atoms with E-state index in [1.165, 1.54) is 0 Å². The summed E-state index contributed by atoms with van der Waals surface area (Å²) in [6, 6.07) is 0. The minimum atomic E-state index is -0.688. The van der Waals surface area contributed by atoms with Gasteiger partial charge in [-0.2, -0.15) is 0 Å². The highest BCUT2D eigenvalue weighted by atomic mass is 32.1. The zero-order chi connectivity index (χ0) is 9.84. The van der Waals surface area contributed by atoms with Crippen molar-refractivity contribution in [3.8, 4) is 0 Å². The maximum atomic E-state index is 9.50. The van der Waals surface area contributed by atoms with Crippen LogP contribution in [0, 0.1) is 6.92 Å². The van der Waals surface area contributed by atoms with Crippen LogP contribution in [0.2, 0.25) is 0 Å². The van der Waals surface area contributed by atoms with E-state index in [9.17, 15) is 10.2 Å². The molecule has 0 amide bonds. The van der Waals surface area contributed by atoms with E-state index >= 15 is 0 Å². The molecule has 0 aliphatic carbocycles. The van der Waals surface area contributed by atoms with Crippen molar-refractivity contribution in [2.45, 2.75) is 38.9 Å². The number of aryl methyl sites for hydroxylation is 1. The van der Waals surface area contributed by atoms with Crippen LogP contribution in [-0.2, 0) is 6.42 Å². The Morgan fingerprint density at radius 3 is 2.62 bits per heavy atom. The molecule has 2 N–H and O–H groups in total. The second-order valence-electron chi connectivity index (χ2n) is 3.10. The summed E-state index contributed by atoms with van der Waals surface area (Å²) >= 11 is 1.56. The van der Waals surface area contributed by atoms with Crippen LogP contribution < -0.4 is 0 Å². The van der Waals surface area contributed by atoms with E-state index in [1.54, 1.807) is 11.3 Å². The molecular formula is C9H15NO2S. The Morgan fingerprint density at radius 2 is 2.15 bits per heavy atom. The smallest absolute Gasteiger partial charge is 0.0897 e. The summed E-state index contributed by atoms with van der Waals surface area (Å²) in [6.45, 7) is 3.77. The zero-order valence-corrected chi connectivity index (χ0v) is 8.71. The van der Waals surface area contributed by atoms with Gasteiger partial charge >= 0.3 is 0 Å². The van der Waals surface area contributed by atoms with Crippen molar-refractivity contribution in [3.05, 3.63) is 16.1 Å². The Bertz CT molecular complexity index is 262. The molecule has 0 aromatic carbocycles. The third kappa shape index (κ3) is 3.06. The van der Waals surface area contributed by atoms with Gasteiger partial charge in [-0.1, -0.05) is 6.92 Å². The zero-order valence-electron chi connectivity index (χ0n) is 7.90. The Morgan fingerprint density at radius 1 is 1.46 bits per heavy atom. The average molecular weight is 201 g/mol. The number of thiazole rings is 1. The van der Waals surface area contributed by atoms with Crippen molar-refractivity contribution in [2.75, 3.05) is 0 Å². The SMILES string of the molecule is CCC(O)C(O)Cc1csc(C)n1. The third-order valence-corrected chi connectivity index (χ3v) is 2.77. The summed E-state index contributed by atoms with van der Waals surface area (Å²) in [5, 5.41) is 21.7. The summed E-state index contributed by atoms with van der Waals surface area (Å²) in [4.78, 5) is 4.21. The molecule has 1 aromatic rings. The number of hydrogen-bond donors (Lipinski definition) is 2. The average Bonchev–Trinajstić information content (AvgIpc) is 2.49. The van der Waals surface area contributed by atoms with Gasteiger partial charge in [0, 0.05) is 11.8 Å². The van der Waals surface area contributed by atoms with Crippen LogP contribution in [0.25, 0.3) is 0 Å². The number of nitrogens with zero attached hydrogens (tertiary/aromatic N) is 1. The maximum Gasteiger partial charge on any atom is 0.0897 e. The molecule has 2 atom stereocenters. The van der Waals surface area contributed by atoms with Gasteiger partial charge in [0.2, 0.25) is 0 Å². The van der Waals surface area contributed by atoms with Crippen LogP contribution in [0.1, 0.15) is 24.0 Å². The van der Waals surface area contributed by atoms with Crippen LogP contribution in [0.3, 0.4) is 0 Å². The normalized spacial score (nSPS) is 15.7. The summed E-state index contributed by atoms with van der Waals surface area (Å²) in [5.41, 5.74) is 0.863. The van der Waals surface area contributed by atoms with Gasteiger partial charge in [0.1, 0.15) is 0 Å². The Hall–Kier alpha value is -0.450. The van der Waals surface area contributed by atoms with E-state index in [2.05, 4.69) is 4.98 Å². The highest BCUT2D eigenvalue weighted by molar-refractivity contribution is 7.09. The molecule has 4 heteroatoms. The van der Waals surface area contributed by atoms with Gasteiger partial charge in [0.05, 0.1) is 22.9 Å². The van der Waals surface area contributed by atoms with Gasteiger partial charge in [-0.25, -0.2) is 4.98 Å². The molecule has 0 spiro atoms. The fraction of sp³-hybridized carbons (Fsp3) is 0.667. The summed E-state index contributed by atoms with van der Waals surface area (Å²) in [7, 11) is 0. The lowest BCUT2D eigenvalue weighted by Crippen LogP contribution is -2.27. The summed E-state index contributed by atoms with van der Waals surface area (Å²) in [5.74, 6) is 0. The second-order valence-corrected chi connectivity index (χ2v) is 4.17. The quantitative estimate of drug-likeness (QED) is 0.767. The van der Waals surface area contributed by atoms with Crippen LogP contribution >= 0.6 is 11.3 Å². The minimum absolute atomic E-state index is 0.444. The lowest BCUT2D eigenvalue weighted by molar-refractivity contribution is 0.0177. The van der Waals surface area contributed by atoms with Crippen molar-refractivity contribution >= 4 is 11.3 Å². The summed E-state index contributed by atoms with van der Waals surface area (Å²) in [6.07, 6.45) is -0.308. The molecule has 1 aromatic heterocycles. The van der Waals surface area contributed by atoms with Gasteiger partial charge in [-0.05, 0) is 13.3 Å². The molecule has 0 bridgehead atoms. The largest absolute Gasteiger partial charge is 0.390 e. The first-order chi connectivity index (χ1) is 6.13. The standard InChI is InChI=1S/C9H15NO2S/c1-3-8(11)9(12)4-7-5-13-6(2)10-7/h5,8-9,11-12H,3-4H2,1-2H3. The number of rotatable bonds is 4. The van der Waals surface area contributed by atoms with E-state index in [-0.39, 0.29) is 0 Å². The molecular weight excluding hydrogens is 186 g/mol. The fourth-order valence-electron chi connectivity index (χ4n) is 1.12. The number of aromatic nitrogens is 1. The highest BCUT2D eigenvalue weighted by Gasteiger charge is 2.15. The molecule has 0 saturated carbocycles. The van der Waals surface area contributed by atoms with Gasteiger partial charge in [-0.15, -0.1) is 11.3 Å². The highest BCUT2D eigenvalue weighted by Crippen LogP contribution is 2.12. The lowest BCUT2D eigenvalue weighted by atomic mass is 10.1. The number of hydrogen-bond acceptors (Lipinski definition) is 4. The van der Waals surface area contributed by atoms with Crippen molar-refractivity contribution in [3.63, 3.8) is 0 Å². The van der Waals surface area contributed by atoms with Gasteiger partial charge < -0.3 is 10.2 Å². The first kappa shape index (κ1) is 10.6. The predicted octanol–water partition coefficient (Wildman–Crippen LogP) is 1.13. The van der Waals surface area contributed by atoms with E-state index in [0.29, 0.717) is 12.8 Å². The third-order valence-electron chi connectivity index (χ3n) is 1.95. The monoisotopic (exact) mass is 201 g/mol. The molecule has 13 heavy (non-hydrogen) atoms. The number of aliphatic hydroxyl groups is 2. The molecule has 0 fully saturated rings. The maximum absolute atomic E-state index is 9.50. The van der Waals surface area contributed by atoms with Crippen LogP contribution in [0.15, 0.2) is 5.38 Å². The van der Waals surface area contributed by atoms with Gasteiger partial charge in [-0.3, -0.25) is 0 Å². The first-order valence-corrected chi connectivity index (χ1v) is 5.28. The molecule has 1 heterocycles. The van der Waals surface area contributed by atoms with Gasteiger partial charge in [0.15, 0.2) is 0 Å². The van der Waals surface area contributed by atoms with E-state index in [1.807, 2.05) is 19.2 Å². The molecule has 1 rings (SSSR count). The fourth-order valence-corrected chi connectivity index (χ4v) is 1.75. The van der Waals surface area contributed by atoms with E-state index in [0.717, 1.165) is 10.7 Å². The van der Waals surface area contributed by atoms with Crippen molar-refractivity contribution < 1.29 is 10.2 Å². The summed E-state index contributed by atoms with van der Waals surface area (Å²) < 4.78 is 0.